The minimum atomic E-state index is -1.98. The van der Waals surface area contributed by atoms with Crippen molar-refractivity contribution < 1.29 is 30.3 Å². The Morgan fingerprint density at radius 1 is 1.21 bits per heavy atom. The molecular weight excluding hydrogens is 196 g/mol. The molecule has 0 saturated carbocycles. The van der Waals surface area contributed by atoms with Crippen LogP contribution in [0, 0.1) is 0 Å². The molecule has 8 heteroatoms. The van der Waals surface area contributed by atoms with Gasteiger partial charge in [-0.15, -0.1) is 0 Å². The van der Waals surface area contributed by atoms with E-state index in [-0.39, 0.29) is 0 Å². The van der Waals surface area contributed by atoms with Gasteiger partial charge >= 0.3 is 0 Å². The normalized spacial score (nSPS) is 19.6. The predicted molar refractivity (Wildman–Crippen MR) is 43.4 cm³/mol. The summed E-state index contributed by atoms with van der Waals surface area (Å²) < 4.78 is 0. The van der Waals surface area contributed by atoms with Crippen LogP contribution in [-0.4, -0.2) is 62.5 Å². The molecule has 14 heavy (non-hydrogen) atoms. The molecule has 0 aromatic carbocycles. The van der Waals surface area contributed by atoms with Crippen LogP contribution in [0.15, 0.2) is 0 Å². The molecular formula is C6H14N2O6. The second-order valence-corrected chi connectivity index (χ2v) is 2.68. The molecule has 0 spiro atoms. The maximum absolute atomic E-state index is 10.7. The van der Waals surface area contributed by atoms with Crippen LogP contribution in [-0.2, 0) is 4.79 Å². The molecule has 8 N–H and O–H groups in total. The Hall–Kier alpha value is -0.770. The molecule has 84 valence electrons. The standard InChI is InChI=1S/C6H14N2O6/c7-8-6(14)5(13)4(12)3(11)2(10)1-9/h2-5,9-13H,1,7H2,(H,8,14)/t2-,3+,4-,5-/m0/s1. The molecule has 4 atom stereocenters. The second kappa shape index (κ2) is 5.86. The molecule has 0 aromatic heterocycles. The Bertz CT molecular complexity index is 189. The third kappa shape index (κ3) is 3.18. The number of aliphatic hydroxyl groups excluding tert-OH is 5. The van der Waals surface area contributed by atoms with Crippen LogP contribution >= 0.6 is 0 Å². The molecule has 0 radical (unpaired) electrons. The highest BCUT2D eigenvalue weighted by Gasteiger charge is 2.33. The van der Waals surface area contributed by atoms with Gasteiger partial charge in [-0.2, -0.15) is 0 Å². The van der Waals surface area contributed by atoms with Crippen molar-refractivity contribution in [3.63, 3.8) is 0 Å². The van der Waals surface area contributed by atoms with Crippen LogP contribution in [0.5, 0.6) is 0 Å². The van der Waals surface area contributed by atoms with Crippen molar-refractivity contribution in [1.82, 2.24) is 5.43 Å². The Balaban J connectivity index is 4.30. The lowest BCUT2D eigenvalue weighted by atomic mass is 10.0. The van der Waals surface area contributed by atoms with Crippen molar-refractivity contribution in [3.05, 3.63) is 0 Å². The van der Waals surface area contributed by atoms with Gasteiger partial charge in [0.05, 0.1) is 6.61 Å². The van der Waals surface area contributed by atoms with Crippen molar-refractivity contribution in [2.24, 2.45) is 5.84 Å². The number of rotatable bonds is 5. The summed E-state index contributed by atoms with van der Waals surface area (Å²) in [5.74, 6) is 3.55. The minimum Gasteiger partial charge on any atom is -0.394 e. The fourth-order valence-corrected chi connectivity index (χ4v) is 0.763. The van der Waals surface area contributed by atoms with Gasteiger partial charge in [0.2, 0.25) is 0 Å². The van der Waals surface area contributed by atoms with E-state index in [0.29, 0.717) is 0 Å². The maximum atomic E-state index is 10.7. The molecule has 0 saturated heterocycles. The van der Waals surface area contributed by atoms with Crippen molar-refractivity contribution >= 4 is 5.91 Å². The van der Waals surface area contributed by atoms with E-state index < -0.39 is 36.9 Å². The van der Waals surface area contributed by atoms with E-state index in [1.807, 2.05) is 0 Å². The van der Waals surface area contributed by atoms with Gasteiger partial charge in [-0.25, -0.2) is 5.84 Å². The van der Waals surface area contributed by atoms with E-state index in [0.717, 1.165) is 0 Å². The van der Waals surface area contributed by atoms with E-state index in [2.05, 4.69) is 5.84 Å². The number of nitrogens with two attached hydrogens (primary N) is 1. The second-order valence-electron chi connectivity index (χ2n) is 2.68. The van der Waals surface area contributed by atoms with Gasteiger partial charge in [-0.3, -0.25) is 10.2 Å². The van der Waals surface area contributed by atoms with Crippen LogP contribution < -0.4 is 11.3 Å². The molecule has 0 fully saturated rings. The fourth-order valence-electron chi connectivity index (χ4n) is 0.763. The number of carbonyl (C=O) groups is 1. The number of hydrogen-bond donors (Lipinski definition) is 7. The number of hydrogen-bond acceptors (Lipinski definition) is 7. The molecule has 0 aromatic rings. The highest BCUT2D eigenvalue weighted by molar-refractivity contribution is 5.80. The molecule has 0 aliphatic heterocycles. The average Bonchev–Trinajstić information content (AvgIpc) is 2.23. The van der Waals surface area contributed by atoms with Gasteiger partial charge in [0.1, 0.15) is 18.3 Å². The summed E-state index contributed by atoms with van der Waals surface area (Å²) in [7, 11) is 0. The monoisotopic (exact) mass is 210 g/mol. The maximum Gasteiger partial charge on any atom is 0.265 e. The third-order valence-corrected chi connectivity index (χ3v) is 1.67. The zero-order chi connectivity index (χ0) is 11.3. The quantitative estimate of drug-likeness (QED) is 0.137. The first-order chi connectivity index (χ1) is 6.45. The van der Waals surface area contributed by atoms with E-state index >= 15 is 0 Å². The Kier molecular flexibility index (Phi) is 5.53. The SMILES string of the molecule is NNC(=O)[C@@H](O)[C@@H](O)[C@H](O)[C@@H](O)CO. The summed E-state index contributed by atoms with van der Waals surface area (Å²) in [5, 5.41) is 44.4. The fraction of sp³-hybridized carbons (Fsp3) is 0.833. The lowest BCUT2D eigenvalue weighted by Crippen LogP contribution is -2.52. The smallest absolute Gasteiger partial charge is 0.265 e. The van der Waals surface area contributed by atoms with E-state index in [4.69, 9.17) is 25.5 Å². The summed E-state index contributed by atoms with van der Waals surface area (Å²) in [6.07, 6.45) is -7.39. The summed E-state index contributed by atoms with van der Waals surface area (Å²) >= 11 is 0. The summed E-state index contributed by atoms with van der Waals surface area (Å²) in [4.78, 5) is 10.7. The van der Waals surface area contributed by atoms with Gasteiger partial charge in [0, 0.05) is 0 Å². The van der Waals surface area contributed by atoms with E-state index in [9.17, 15) is 4.79 Å². The Labute approximate surface area is 79.6 Å². The minimum absolute atomic E-state index is 0.810. The lowest BCUT2D eigenvalue weighted by Gasteiger charge is -2.24. The summed E-state index contributed by atoms with van der Waals surface area (Å²) in [5.41, 5.74) is 1.55. The van der Waals surface area contributed by atoms with Gasteiger partial charge in [0.25, 0.3) is 5.91 Å². The van der Waals surface area contributed by atoms with Crippen molar-refractivity contribution in [1.29, 1.82) is 0 Å². The molecule has 0 aliphatic rings. The van der Waals surface area contributed by atoms with Crippen LogP contribution in [0.25, 0.3) is 0 Å². The van der Waals surface area contributed by atoms with Crippen molar-refractivity contribution in [2.75, 3.05) is 6.61 Å². The predicted octanol–water partition coefficient (Wildman–Crippen LogP) is -4.59. The van der Waals surface area contributed by atoms with Crippen molar-refractivity contribution in [3.8, 4) is 0 Å². The summed E-state index contributed by atoms with van der Waals surface area (Å²) in [6.45, 7) is -0.810. The third-order valence-electron chi connectivity index (χ3n) is 1.67. The highest BCUT2D eigenvalue weighted by atomic mass is 16.4. The van der Waals surface area contributed by atoms with Crippen molar-refractivity contribution in [2.45, 2.75) is 24.4 Å². The molecule has 0 rings (SSSR count). The number of nitrogens with one attached hydrogen (secondary N) is 1. The van der Waals surface area contributed by atoms with E-state index in [1.165, 1.54) is 0 Å². The van der Waals surface area contributed by atoms with Crippen LogP contribution in [0.2, 0.25) is 0 Å². The lowest BCUT2D eigenvalue weighted by molar-refractivity contribution is -0.148. The molecule has 1 amide bonds. The zero-order valence-electron chi connectivity index (χ0n) is 7.24. The molecule has 8 nitrogen and oxygen atoms in total. The first-order valence-electron chi connectivity index (χ1n) is 3.79. The average molecular weight is 210 g/mol. The van der Waals surface area contributed by atoms with Gasteiger partial charge in [-0.1, -0.05) is 0 Å². The topological polar surface area (TPSA) is 156 Å². The van der Waals surface area contributed by atoms with Crippen LogP contribution in [0.1, 0.15) is 0 Å². The number of amides is 1. The first-order valence-corrected chi connectivity index (χ1v) is 3.79. The largest absolute Gasteiger partial charge is 0.394 e. The Morgan fingerprint density at radius 3 is 2.07 bits per heavy atom. The van der Waals surface area contributed by atoms with Gasteiger partial charge in [0.15, 0.2) is 6.10 Å². The molecule has 0 unspecified atom stereocenters. The number of aliphatic hydroxyl groups is 5. The van der Waals surface area contributed by atoms with Crippen LogP contribution in [0.4, 0.5) is 0 Å². The highest BCUT2D eigenvalue weighted by Crippen LogP contribution is 2.04. The molecule has 0 bridgehead atoms. The number of carbonyl (C=O) groups excluding carboxylic acids is 1. The molecule has 0 aliphatic carbocycles. The Morgan fingerprint density at radius 2 is 1.71 bits per heavy atom. The van der Waals surface area contributed by atoms with Crippen LogP contribution in [0.3, 0.4) is 0 Å². The first kappa shape index (κ1) is 13.2. The summed E-state index contributed by atoms with van der Waals surface area (Å²) in [6, 6.07) is 0. The molecule has 0 heterocycles. The van der Waals surface area contributed by atoms with Gasteiger partial charge in [-0.05, 0) is 0 Å². The van der Waals surface area contributed by atoms with E-state index in [1.54, 1.807) is 5.43 Å². The van der Waals surface area contributed by atoms with Gasteiger partial charge < -0.3 is 25.5 Å². The number of hydrazine groups is 1. The zero-order valence-corrected chi connectivity index (χ0v) is 7.24.